The van der Waals surface area contributed by atoms with Gasteiger partial charge in [0.2, 0.25) is 5.91 Å². The summed E-state index contributed by atoms with van der Waals surface area (Å²) in [5.41, 5.74) is 7.36. The molecule has 0 spiro atoms. The van der Waals surface area contributed by atoms with E-state index in [0.717, 1.165) is 45.1 Å². The van der Waals surface area contributed by atoms with E-state index in [1.54, 1.807) is 0 Å². The summed E-state index contributed by atoms with van der Waals surface area (Å²) in [4.78, 5) is 17.4. The highest BCUT2D eigenvalue weighted by atomic mass is 16.1. The third-order valence-electron chi connectivity index (χ3n) is 4.96. The van der Waals surface area contributed by atoms with Crippen molar-refractivity contribution in [2.45, 2.75) is 27.2 Å². The Morgan fingerprint density at radius 3 is 2.25 bits per heavy atom. The zero-order chi connectivity index (χ0) is 19.7. The number of aryl methyl sites for hydroxylation is 3. The monoisotopic (exact) mass is 370 g/mol. The number of rotatable bonds is 4. The van der Waals surface area contributed by atoms with Gasteiger partial charge >= 0.3 is 0 Å². The second-order valence-corrected chi connectivity index (χ2v) is 6.91. The number of benzene rings is 2. The highest BCUT2D eigenvalue weighted by Crippen LogP contribution is 2.29. The molecule has 0 bridgehead atoms. The molecule has 5 nitrogen and oxygen atoms in total. The first-order valence-corrected chi connectivity index (χ1v) is 9.30. The summed E-state index contributed by atoms with van der Waals surface area (Å²) in [5, 5.41) is 7.64. The molecule has 2 heterocycles. The summed E-state index contributed by atoms with van der Waals surface area (Å²) in [6.45, 7) is 5.94. The minimum Gasteiger partial charge on any atom is -0.326 e. The molecule has 0 unspecified atom stereocenters. The molecule has 0 aliphatic heterocycles. The molecule has 0 fully saturated rings. The SMILES string of the molecule is Cc1nc2c(-c3ccccc3)c(C)nn2c(C)c1CC(=O)Nc1ccccc1. The van der Waals surface area contributed by atoms with E-state index in [2.05, 4.69) is 17.4 Å². The van der Waals surface area contributed by atoms with Crippen LogP contribution in [0.4, 0.5) is 5.69 Å². The van der Waals surface area contributed by atoms with Crippen LogP contribution in [0, 0.1) is 20.8 Å². The number of aromatic nitrogens is 3. The van der Waals surface area contributed by atoms with Gasteiger partial charge in [0.1, 0.15) is 0 Å². The molecule has 140 valence electrons. The van der Waals surface area contributed by atoms with Crippen LogP contribution in [0.15, 0.2) is 60.7 Å². The lowest BCUT2D eigenvalue weighted by atomic mass is 10.1. The number of fused-ring (bicyclic) bond motifs is 1. The number of carbonyl (C=O) groups excluding carboxylic acids is 1. The lowest BCUT2D eigenvalue weighted by molar-refractivity contribution is -0.115. The van der Waals surface area contributed by atoms with Crippen molar-refractivity contribution >= 4 is 17.2 Å². The van der Waals surface area contributed by atoms with E-state index in [4.69, 9.17) is 10.1 Å². The second-order valence-electron chi connectivity index (χ2n) is 6.91. The Hall–Kier alpha value is -3.47. The highest BCUT2D eigenvalue weighted by Gasteiger charge is 2.19. The summed E-state index contributed by atoms with van der Waals surface area (Å²) in [7, 11) is 0. The predicted molar refractivity (Wildman–Crippen MR) is 111 cm³/mol. The smallest absolute Gasteiger partial charge is 0.228 e. The largest absolute Gasteiger partial charge is 0.326 e. The topological polar surface area (TPSA) is 59.3 Å². The fourth-order valence-electron chi connectivity index (χ4n) is 3.55. The molecule has 5 heteroatoms. The third-order valence-corrected chi connectivity index (χ3v) is 4.96. The fourth-order valence-corrected chi connectivity index (χ4v) is 3.55. The van der Waals surface area contributed by atoms with Gasteiger partial charge in [-0.25, -0.2) is 9.50 Å². The summed E-state index contributed by atoms with van der Waals surface area (Å²) >= 11 is 0. The number of carbonyl (C=O) groups is 1. The number of amides is 1. The van der Waals surface area contributed by atoms with Crippen molar-refractivity contribution in [3.8, 4) is 11.1 Å². The standard InChI is InChI=1S/C23H22N4O/c1-15-20(14-21(28)25-19-12-8-5-9-13-19)17(3)27-23(24-15)22(16(2)26-27)18-10-6-4-7-11-18/h4-13H,14H2,1-3H3,(H,25,28). The number of hydrogen-bond acceptors (Lipinski definition) is 3. The highest BCUT2D eigenvalue weighted by molar-refractivity contribution is 5.92. The number of anilines is 1. The van der Waals surface area contributed by atoms with Crippen molar-refractivity contribution in [1.82, 2.24) is 14.6 Å². The van der Waals surface area contributed by atoms with Crippen molar-refractivity contribution in [2.75, 3.05) is 5.32 Å². The Bertz CT molecular complexity index is 1150. The zero-order valence-corrected chi connectivity index (χ0v) is 16.2. The number of hydrogen-bond donors (Lipinski definition) is 1. The molecule has 4 aromatic rings. The first kappa shape index (κ1) is 17.9. The molecule has 0 saturated carbocycles. The Kier molecular flexibility index (Phi) is 4.65. The van der Waals surface area contributed by atoms with Crippen LogP contribution in [0.1, 0.15) is 22.6 Å². The summed E-state index contributed by atoms with van der Waals surface area (Å²) in [6, 6.07) is 19.6. The fraction of sp³-hybridized carbons (Fsp3) is 0.174. The minimum absolute atomic E-state index is 0.0642. The molecule has 0 saturated heterocycles. The van der Waals surface area contributed by atoms with Gasteiger partial charge in [0, 0.05) is 28.2 Å². The molecule has 28 heavy (non-hydrogen) atoms. The van der Waals surface area contributed by atoms with Gasteiger partial charge in [0.05, 0.1) is 12.1 Å². The van der Waals surface area contributed by atoms with E-state index >= 15 is 0 Å². The maximum Gasteiger partial charge on any atom is 0.228 e. The average Bonchev–Trinajstić information content (AvgIpc) is 3.02. The first-order valence-electron chi connectivity index (χ1n) is 9.30. The van der Waals surface area contributed by atoms with Crippen LogP contribution in [-0.4, -0.2) is 20.5 Å². The molecule has 2 aromatic heterocycles. The molecular weight excluding hydrogens is 348 g/mol. The van der Waals surface area contributed by atoms with Crippen molar-refractivity contribution in [1.29, 1.82) is 0 Å². The molecule has 0 aliphatic carbocycles. The Balaban J connectivity index is 1.72. The van der Waals surface area contributed by atoms with Crippen molar-refractivity contribution in [3.63, 3.8) is 0 Å². The Morgan fingerprint density at radius 2 is 1.57 bits per heavy atom. The summed E-state index contributed by atoms with van der Waals surface area (Å²) in [5.74, 6) is -0.0642. The molecule has 1 amide bonds. The van der Waals surface area contributed by atoms with E-state index in [9.17, 15) is 4.79 Å². The molecule has 0 atom stereocenters. The summed E-state index contributed by atoms with van der Waals surface area (Å²) in [6.07, 6.45) is 0.259. The van der Waals surface area contributed by atoms with Crippen LogP contribution in [0.2, 0.25) is 0 Å². The van der Waals surface area contributed by atoms with Gasteiger partial charge in [-0.15, -0.1) is 0 Å². The number of nitrogens with one attached hydrogen (secondary N) is 1. The van der Waals surface area contributed by atoms with E-state index < -0.39 is 0 Å². The van der Waals surface area contributed by atoms with Crippen molar-refractivity contribution in [2.24, 2.45) is 0 Å². The van der Waals surface area contributed by atoms with Gasteiger partial charge < -0.3 is 5.32 Å². The van der Waals surface area contributed by atoms with Crippen LogP contribution in [-0.2, 0) is 11.2 Å². The van der Waals surface area contributed by atoms with Crippen LogP contribution >= 0.6 is 0 Å². The van der Waals surface area contributed by atoms with Crippen molar-refractivity contribution in [3.05, 3.63) is 83.3 Å². The minimum atomic E-state index is -0.0642. The average molecular weight is 370 g/mol. The Morgan fingerprint density at radius 1 is 0.929 bits per heavy atom. The molecule has 4 rings (SSSR count). The van der Waals surface area contributed by atoms with E-state index in [-0.39, 0.29) is 12.3 Å². The van der Waals surface area contributed by atoms with E-state index in [1.165, 1.54) is 0 Å². The van der Waals surface area contributed by atoms with Gasteiger partial charge in [-0.1, -0.05) is 48.5 Å². The van der Waals surface area contributed by atoms with E-state index in [0.29, 0.717) is 0 Å². The molecule has 2 aromatic carbocycles. The lowest BCUT2D eigenvalue weighted by Crippen LogP contribution is -2.17. The molecule has 1 N–H and O–H groups in total. The van der Waals surface area contributed by atoms with Crippen molar-refractivity contribution < 1.29 is 4.79 Å². The first-order chi connectivity index (χ1) is 13.5. The number of nitrogens with zero attached hydrogens (tertiary/aromatic N) is 3. The van der Waals surface area contributed by atoms with Crippen LogP contribution in [0.3, 0.4) is 0 Å². The van der Waals surface area contributed by atoms with Gasteiger partial charge in [-0.05, 0) is 38.5 Å². The summed E-state index contributed by atoms with van der Waals surface area (Å²) < 4.78 is 1.86. The molecule has 0 radical (unpaired) electrons. The molecule has 0 aliphatic rings. The third kappa shape index (κ3) is 3.27. The molecular formula is C23H22N4O. The zero-order valence-electron chi connectivity index (χ0n) is 16.2. The van der Waals surface area contributed by atoms with Crippen LogP contribution in [0.25, 0.3) is 16.8 Å². The van der Waals surface area contributed by atoms with E-state index in [1.807, 2.05) is 73.8 Å². The predicted octanol–water partition coefficient (Wildman–Crippen LogP) is 4.50. The van der Waals surface area contributed by atoms with Gasteiger partial charge in [-0.2, -0.15) is 5.10 Å². The van der Waals surface area contributed by atoms with Gasteiger partial charge in [-0.3, -0.25) is 4.79 Å². The van der Waals surface area contributed by atoms with Gasteiger partial charge in [0.15, 0.2) is 5.65 Å². The maximum atomic E-state index is 12.5. The van der Waals surface area contributed by atoms with Crippen LogP contribution in [0.5, 0.6) is 0 Å². The normalized spacial score (nSPS) is 11.0. The van der Waals surface area contributed by atoms with Gasteiger partial charge in [0.25, 0.3) is 0 Å². The lowest BCUT2D eigenvalue weighted by Gasteiger charge is -2.12. The second kappa shape index (κ2) is 7.27. The van der Waals surface area contributed by atoms with Crippen LogP contribution < -0.4 is 5.32 Å². The Labute approximate surface area is 164 Å². The quantitative estimate of drug-likeness (QED) is 0.575. The number of para-hydroxylation sites is 1. The maximum absolute atomic E-state index is 12.5.